The summed E-state index contributed by atoms with van der Waals surface area (Å²) in [6, 6.07) is 11.2. The maximum absolute atomic E-state index is 12.6. The van der Waals surface area contributed by atoms with E-state index in [9.17, 15) is 14.7 Å². The molecule has 0 saturated carbocycles. The molecule has 1 atom stereocenters. The minimum atomic E-state index is -0.769. The first-order chi connectivity index (χ1) is 12.9. The van der Waals surface area contributed by atoms with Gasteiger partial charge in [-0.2, -0.15) is 0 Å². The molecule has 1 fully saturated rings. The third kappa shape index (κ3) is 3.30. The zero-order valence-electron chi connectivity index (χ0n) is 15.0. The number of nitrogens with zero attached hydrogens (tertiary/aromatic N) is 1. The Morgan fingerprint density at radius 3 is 2.33 bits per heavy atom. The molecule has 1 amide bonds. The lowest BCUT2D eigenvalue weighted by Gasteiger charge is -2.23. The molecule has 7 heteroatoms. The maximum Gasteiger partial charge on any atom is 0.295 e. The molecule has 1 aliphatic heterocycles. The SMILES string of the molecule is COc1ccc([C@@H]2C(=C(O)c3ccc(Br)cc3)C(=O)C(=O)N2C)c(OC)c1. The summed E-state index contributed by atoms with van der Waals surface area (Å²) in [5.41, 5.74) is 1.05. The number of carbonyl (C=O) groups is 2. The third-order valence-electron chi connectivity index (χ3n) is 4.53. The molecule has 27 heavy (non-hydrogen) atoms. The molecule has 2 aromatic carbocycles. The summed E-state index contributed by atoms with van der Waals surface area (Å²) in [5.74, 6) is -0.614. The van der Waals surface area contributed by atoms with Gasteiger partial charge in [0, 0.05) is 28.7 Å². The number of hydrogen-bond acceptors (Lipinski definition) is 5. The number of rotatable bonds is 4. The van der Waals surface area contributed by atoms with Crippen LogP contribution in [0.5, 0.6) is 11.5 Å². The Hall–Kier alpha value is -2.80. The summed E-state index contributed by atoms with van der Waals surface area (Å²) in [5, 5.41) is 10.8. The number of benzene rings is 2. The lowest BCUT2D eigenvalue weighted by Crippen LogP contribution is -2.25. The van der Waals surface area contributed by atoms with Crippen molar-refractivity contribution in [1.29, 1.82) is 0 Å². The van der Waals surface area contributed by atoms with E-state index in [1.807, 2.05) is 0 Å². The van der Waals surface area contributed by atoms with Crippen molar-refractivity contribution in [3.63, 3.8) is 0 Å². The summed E-state index contributed by atoms with van der Waals surface area (Å²) in [6.07, 6.45) is 0. The van der Waals surface area contributed by atoms with Crippen LogP contribution in [0, 0.1) is 0 Å². The van der Waals surface area contributed by atoms with E-state index in [1.165, 1.54) is 26.2 Å². The summed E-state index contributed by atoms with van der Waals surface area (Å²) in [7, 11) is 4.55. The second kappa shape index (κ2) is 7.44. The van der Waals surface area contributed by atoms with Gasteiger partial charge >= 0.3 is 0 Å². The van der Waals surface area contributed by atoms with Crippen LogP contribution in [0.1, 0.15) is 17.2 Å². The van der Waals surface area contributed by atoms with Crippen LogP contribution < -0.4 is 9.47 Å². The number of ether oxygens (including phenoxy) is 2. The van der Waals surface area contributed by atoms with E-state index in [0.29, 0.717) is 22.6 Å². The average Bonchev–Trinajstić information content (AvgIpc) is 2.91. The molecule has 2 aromatic rings. The predicted molar refractivity (Wildman–Crippen MR) is 104 cm³/mol. The van der Waals surface area contributed by atoms with Crippen molar-refractivity contribution >= 4 is 33.4 Å². The minimum Gasteiger partial charge on any atom is -0.507 e. The Labute approximate surface area is 165 Å². The molecule has 1 N–H and O–H groups in total. The van der Waals surface area contributed by atoms with Crippen molar-refractivity contribution in [2.24, 2.45) is 0 Å². The highest BCUT2D eigenvalue weighted by Crippen LogP contribution is 2.42. The number of aliphatic hydroxyl groups is 1. The first-order valence-electron chi connectivity index (χ1n) is 8.11. The van der Waals surface area contributed by atoms with E-state index in [-0.39, 0.29) is 11.3 Å². The molecule has 1 heterocycles. The standard InChI is InChI=1S/C20H18BrNO5/c1-22-17(14-9-8-13(26-2)10-15(14)27-3)16(19(24)20(22)25)18(23)11-4-6-12(21)7-5-11/h4-10,17,23H,1-3H3/t17-/m1/s1. The Morgan fingerprint density at radius 2 is 1.74 bits per heavy atom. The van der Waals surface area contributed by atoms with Gasteiger partial charge in [-0.15, -0.1) is 0 Å². The van der Waals surface area contributed by atoms with Crippen molar-refractivity contribution in [1.82, 2.24) is 4.90 Å². The van der Waals surface area contributed by atoms with E-state index in [4.69, 9.17) is 9.47 Å². The highest BCUT2D eigenvalue weighted by molar-refractivity contribution is 9.10. The molecule has 140 valence electrons. The van der Waals surface area contributed by atoms with Gasteiger partial charge in [0.05, 0.1) is 25.8 Å². The number of Topliss-reactive ketones (excluding diaryl/α,β-unsaturated/α-hetero) is 1. The van der Waals surface area contributed by atoms with Gasteiger partial charge in [0.15, 0.2) is 0 Å². The van der Waals surface area contributed by atoms with Gasteiger partial charge in [-0.25, -0.2) is 0 Å². The van der Waals surface area contributed by atoms with Gasteiger partial charge in [-0.05, 0) is 24.3 Å². The van der Waals surface area contributed by atoms with Crippen molar-refractivity contribution in [3.8, 4) is 11.5 Å². The lowest BCUT2D eigenvalue weighted by atomic mass is 9.94. The number of likely N-dealkylation sites (N-methyl/N-ethyl adjacent to an activating group) is 1. The largest absolute Gasteiger partial charge is 0.507 e. The van der Waals surface area contributed by atoms with Crippen LogP contribution in [0.4, 0.5) is 0 Å². The highest BCUT2D eigenvalue weighted by Gasteiger charge is 2.45. The number of halogens is 1. The normalized spacial score (nSPS) is 18.7. The monoisotopic (exact) mass is 431 g/mol. The van der Waals surface area contributed by atoms with E-state index in [0.717, 1.165) is 4.47 Å². The molecule has 0 aliphatic carbocycles. The molecular weight excluding hydrogens is 414 g/mol. The summed E-state index contributed by atoms with van der Waals surface area (Å²) in [6.45, 7) is 0. The predicted octanol–water partition coefficient (Wildman–Crippen LogP) is 3.52. The number of carbonyl (C=O) groups excluding carboxylic acids is 2. The van der Waals surface area contributed by atoms with Crippen LogP contribution in [0.3, 0.4) is 0 Å². The van der Waals surface area contributed by atoms with Crippen molar-refractivity contribution < 1.29 is 24.2 Å². The molecule has 6 nitrogen and oxygen atoms in total. The van der Waals surface area contributed by atoms with Crippen molar-refractivity contribution in [3.05, 3.63) is 63.6 Å². The van der Waals surface area contributed by atoms with Gasteiger partial charge < -0.3 is 19.5 Å². The first-order valence-corrected chi connectivity index (χ1v) is 8.90. The highest BCUT2D eigenvalue weighted by atomic mass is 79.9. The number of methoxy groups -OCH3 is 2. The van der Waals surface area contributed by atoms with Crippen LogP contribution in [-0.2, 0) is 9.59 Å². The number of aliphatic hydroxyl groups excluding tert-OH is 1. The molecule has 0 bridgehead atoms. The van der Waals surface area contributed by atoms with Crippen LogP contribution in [-0.4, -0.2) is 43.0 Å². The molecule has 3 rings (SSSR count). The Bertz CT molecular complexity index is 936. The second-order valence-electron chi connectivity index (χ2n) is 6.02. The van der Waals surface area contributed by atoms with Crippen LogP contribution in [0.15, 0.2) is 52.5 Å². The average molecular weight is 432 g/mol. The van der Waals surface area contributed by atoms with Gasteiger partial charge in [0.1, 0.15) is 17.3 Å². The van der Waals surface area contributed by atoms with Gasteiger partial charge in [0.25, 0.3) is 11.7 Å². The molecule has 0 radical (unpaired) electrons. The molecule has 0 unspecified atom stereocenters. The number of hydrogen-bond donors (Lipinski definition) is 1. The van der Waals surface area contributed by atoms with Crippen LogP contribution in [0.25, 0.3) is 5.76 Å². The van der Waals surface area contributed by atoms with Gasteiger partial charge in [-0.3, -0.25) is 9.59 Å². The number of amides is 1. The maximum atomic E-state index is 12.6. The topological polar surface area (TPSA) is 76.1 Å². The molecule has 0 aromatic heterocycles. The molecule has 1 aliphatic rings. The smallest absolute Gasteiger partial charge is 0.295 e. The summed E-state index contributed by atoms with van der Waals surface area (Å²) in [4.78, 5) is 26.3. The van der Waals surface area contributed by atoms with Crippen LogP contribution >= 0.6 is 15.9 Å². The zero-order chi connectivity index (χ0) is 19.7. The molecule has 0 spiro atoms. The molecule has 1 saturated heterocycles. The van der Waals surface area contributed by atoms with E-state index in [2.05, 4.69) is 15.9 Å². The van der Waals surface area contributed by atoms with E-state index in [1.54, 1.807) is 42.5 Å². The number of likely N-dealkylation sites (tertiary alicyclic amines) is 1. The number of ketones is 1. The minimum absolute atomic E-state index is 0.0216. The van der Waals surface area contributed by atoms with E-state index < -0.39 is 17.7 Å². The van der Waals surface area contributed by atoms with Gasteiger partial charge in [-0.1, -0.05) is 28.1 Å². The lowest BCUT2D eigenvalue weighted by molar-refractivity contribution is -0.139. The summed E-state index contributed by atoms with van der Waals surface area (Å²) >= 11 is 3.33. The fourth-order valence-corrected chi connectivity index (χ4v) is 3.38. The van der Waals surface area contributed by atoms with Crippen molar-refractivity contribution in [2.45, 2.75) is 6.04 Å². The van der Waals surface area contributed by atoms with Gasteiger partial charge in [0.2, 0.25) is 0 Å². The van der Waals surface area contributed by atoms with E-state index >= 15 is 0 Å². The first kappa shape index (κ1) is 19.0. The Morgan fingerprint density at radius 1 is 1.07 bits per heavy atom. The zero-order valence-corrected chi connectivity index (χ0v) is 16.6. The fourth-order valence-electron chi connectivity index (χ4n) is 3.12. The second-order valence-corrected chi connectivity index (χ2v) is 6.94. The quantitative estimate of drug-likeness (QED) is 0.455. The Kier molecular flexibility index (Phi) is 5.23. The van der Waals surface area contributed by atoms with Crippen molar-refractivity contribution in [2.75, 3.05) is 21.3 Å². The Balaban J connectivity index is 2.20. The third-order valence-corrected chi connectivity index (χ3v) is 5.06. The summed E-state index contributed by atoms with van der Waals surface area (Å²) < 4.78 is 11.5. The fraction of sp³-hybridized carbons (Fsp3) is 0.200. The molecular formula is C20H18BrNO5. The van der Waals surface area contributed by atoms with Crippen LogP contribution in [0.2, 0.25) is 0 Å².